The Kier molecular flexibility index (Phi) is 4.20. The number of hydrogen-bond donors (Lipinski definition) is 1. The second-order valence-electron chi connectivity index (χ2n) is 5.40. The minimum Gasteiger partial charge on any atom is -0.348 e. The highest BCUT2D eigenvalue weighted by Gasteiger charge is 2.13. The molecule has 4 heteroatoms. The lowest BCUT2D eigenvalue weighted by Gasteiger charge is -2.12. The summed E-state index contributed by atoms with van der Waals surface area (Å²) in [5.41, 5.74) is 1.98. The third-order valence-corrected chi connectivity index (χ3v) is 4.48. The first kappa shape index (κ1) is 14.7. The summed E-state index contributed by atoms with van der Waals surface area (Å²) in [7, 11) is 0. The van der Waals surface area contributed by atoms with Gasteiger partial charge in [-0.25, -0.2) is 4.98 Å². The largest absolute Gasteiger partial charge is 0.348 e. The average Bonchev–Trinajstić information content (AvgIpc) is 2.94. The van der Waals surface area contributed by atoms with Crippen LogP contribution in [0.4, 0.5) is 0 Å². The van der Waals surface area contributed by atoms with Gasteiger partial charge in [-0.05, 0) is 30.2 Å². The summed E-state index contributed by atoms with van der Waals surface area (Å²) in [6, 6.07) is 14.2. The van der Waals surface area contributed by atoms with E-state index in [-0.39, 0.29) is 11.9 Å². The van der Waals surface area contributed by atoms with Crippen molar-refractivity contribution in [3.8, 4) is 0 Å². The number of benzene rings is 2. The van der Waals surface area contributed by atoms with E-state index in [4.69, 9.17) is 0 Å². The third kappa shape index (κ3) is 3.17. The van der Waals surface area contributed by atoms with E-state index in [2.05, 4.69) is 28.5 Å². The fourth-order valence-corrected chi connectivity index (χ4v) is 3.27. The number of hydrogen-bond acceptors (Lipinski definition) is 3. The summed E-state index contributed by atoms with van der Waals surface area (Å²) in [5.74, 6) is 0.0227. The van der Waals surface area contributed by atoms with Crippen molar-refractivity contribution in [3.63, 3.8) is 0 Å². The zero-order valence-corrected chi connectivity index (χ0v) is 13.5. The standard InChI is InChI=1S/C18H18N2OS/c1-12(17-11-22-13(2)20-17)19-18(21)10-15-8-5-7-14-6-3-4-9-16(14)15/h3-9,11-12H,10H2,1-2H3,(H,19,21). The molecule has 3 aromatic rings. The minimum absolute atomic E-state index is 0.0227. The van der Waals surface area contributed by atoms with Crippen molar-refractivity contribution in [1.82, 2.24) is 10.3 Å². The van der Waals surface area contributed by atoms with Crippen LogP contribution in [0.15, 0.2) is 47.8 Å². The van der Waals surface area contributed by atoms with E-state index in [0.29, 0.717) is 6.42 Å². The second kappa shape index (κ2) is 6.28. The SMILES string of the molecule is Cc1nc(C(C)NC(=O)Cc2cccc3ccccc23)cs1. The zero-order chi connectivity index (χ0) is 15.5. The number of aromatic nitrogens is 1. The fraction of sp³-hybridized carbons (Fsp3) is 0.222. The summed E-state index contributed by atoms with van der Waals surface area (Å²) in [6.45, 7) is 3.94. The van der Waals surface area contributed by atoms with Crippen LogP contribution in [0.2, 0.25) is 0 Å². The smallest absolute Gasteiger partial charge is 0.224 e. The lowest BCUT2D eigenvalue weighted by atomic mass is 10.0. The van der Waals surface area contributed by atoms with Crippen molar-refractivity contribution in [2.45, 2.75) is 26.3 Å². The van der Waals surface area contributed by atoms with Crippen molar-refractivity contribution >= 4 is 28.0 Å². The predicted molar refractivity (Wildman–Crippen MR) is 91.1 cm³/mol. The maximum absolute atomic E-state index is 12.3. The quantitative estimate of drug-likeness (QED) is 0.790. The maximum Gasteiger partial charge on any atom is 0.224 e. The van der Waals surface area contributed by atoms with Crippen molar-refractivity contribution in [3.05, 3.63) is 64.1 Å². The number of carbonyl (C=O) groups excluding carboxylic acids is 1. The normalized spacial score (nSPS) is 12.3. The molecule has 1 heterocycles. The number of aryl methyl sites for hydroxylation is 1. The van der Waals surface area contributed by atoms with Gasteiger partial charge < -0.3 is 5.32 Å². The van der Waals surface area contributed by atoms with E-state index in [0.717, 1.165) is 27.0 Å². The molecule has 0 saturated heterocycles. The van der Waals surface area contributed by atoms with Crippen LogP contribution in [0.1, 0.15) is 29.2 Å². The molecule has 0 fully saturated rings. The first-order valence-electron chi connectivity index (χ1n) is 7.31. The van der Waals surface area contributed by atoms with Crippen LogP contribution in [-0.4, -0.2) is 10.9 Å². The Morgan fingerprint density at radius 1 is 1.23 bits per heavy atom. The molecule has 3 rings (SSSR count). The lowest BCUT2D eigenvalue weighted by Crippen LogP contribution is -2.28. The Hall–Kier alpha value is -2.20. The molecule has 1 unspecified atom stereocenters. The Balaban J connectivity index is 1.73. The van der Waals surface area contributed by atoms with Gasteiger partial charge in [-0.3, -0.25) is 4.79 Å². The molecule has 1 amide bonds. The maximum atomic E-state index is 12.3. The molecular formula is C18H18N2OS. The highest BCUT2D eigenvalue weighted by atomic mass is 32.1. The molecule has 0 saturated carbocycles. The van der Waals surface area contributed by atoms with Gasteiger partial charge in [-0.2, -0.15) is 0 Å². The average molecular weight is 310 g/mol. The molecule has 0 aliphatic rings. The molecular weight excluding hydrogens is 292 g/mol. The number of nitrogens with one attached hydrogen (secondary N) is 1. The highest BCUT2D eigenvalue weighted by Crippen LogP contribution is 2.20. The molecule has 0 radical (unpaired) electrons. The Morgan fingerprint density at radius 2 is 2.00 bits per heavy atom. The predicted octanol–water partition coefficient (Wildman–Crippen LogP) is 4.02. The van der Waals surface area contributed by atoms with E-state index < -0.39 is 0 Å². The van der Waals surface area contributed by atoms with E-state index in [1.165, 1.54) is 0 Å². The van der Waals surface area contributed by atoms with Crippen molar-refractivity contribution in [2.75, 3.05) is 0 Å². The van der Waals surface area contributed by atoms with Gasteiger partial charge in [0.15, 0.2) is 0 Å². The van der Waals surface area contributed by atoms with Gasteiger partial charge in [0.2, 0.25) is 5.91 Å². The van der Waals surface area contributed by atoms with Gasteiger partial charge >= 0.3 is 0 Å². The topological polar surface area (TPSA) is 42.0 Å². The van der Waals surface area contributed by atoms with Gasteiger partial charge in [0.25, 0.3) is 0 Å². The molecule has 22 heavy (non-hydrogen) atoms. The minimum atomic E-state index is -0.0626. The first-order chi connectivity index (χ1) is 10.6. The van der Waals surface area contributed by atoms with Crippen LogP contribution >= 0.6 is 11.3 Å². The highest BCUT2D eigenvalue weighted by molar-refractivity contribution is 7.09. The molecule has 1 atom stereocenters. The van der Waals surface area contributed by atoms with Gasteiger partial charge in [0.05, 0.1) is 23.2 Å². The van der Waals surface area contributed by atoms with Crippen LogP contribution < -0.4 is 5.32 Å². The molecule has 1 aromatic heterocycles. The van der Waals surface area contributed by atoms with Crippen molar-refractivity contribution in [2.24, 2.45) is 0 Å². The Morgan fingerprint density at radius 3 is 2.77 bits per heavy atom. The third-order valence-electron chi connectivity index (χ3n) is 3.69. The second-order valence-corrected chi connectivity index (χ2v) is 6.46. The molecule has 0 aliphatic heterocycles. The van der Waals surface area contributed by atoms with Crippen LogP contribution in [0, 0.1) is 6.92 Å². The first-order valence-corrected chi connectivity index (χ1v) is 8.19. The lowest BCUT2D eigenvalue weighted by molar-refractivity contribution is -0.121. The summed E-state index contributed by atoms with van der Waals surface area (Å²) >= 11 is 1.60. The number of nitrogens with zero attached hydrogens (tertiary/aromatic N) is 1. The summed E-state index contributed by atoms with van der Waals surface area (Å²) in [6.07, 6.45) is 0.384. The van der Waals surface area contributed by atoms with Gasteiger partial charge in [0, 0.05) is 5.38 Å². The number of carbonyl (C=O) groups is 1. The molecule has 0 bridgehead atoms. The van der Waals surface area contributed by atoms with Crippen LogP contribution in [-0.2, 0) is 11.2 Å². The van der Waals surface area contributed by atoms with Crippen molar-refractivity contribution in [1.29, 1.82) is 0 Å². The molecule has 0 spiro atoms. The Labute approximate surface area is 134 Å². The summed E-state index contributed by atoms with van der Waals surface area (Å²) in [5, 5.41) is 8.34. The van der Waals surface area contributed by atoms with Crippen LogP contribution in [0.25, 0.3) is 10.8 Å². The molecule has 112 valence electrons. The number of amides is 1. The van der Waals surface area contributed by atoms with Crippen LogP contribution in [0.3, 0.4) is 0 Å². The summed E-state index contributed by atoms with van der Waals surface area (Å²) < 4.78 is 0. The van der Waals surface area contributed by atoms with Gasteiger partial charge in [-0.1, -0.05) is 42.5 Å². The van der Waals surface area contributed by atoms with Gasteiger partial charge in [0.1, 0.15) is 0 Å². The molecule has 2 aromatic carbocycles. The van der Waals surface area contributed by atoms with E-state index in [1.807, 2.05) is 43.5 Å². The molecule has 3 nitrogen and oxygen atoms in total. The molecule has 0 aliphatic carbocycles. The number of rotatable bonds is 4. The molecule has 1 N–H and O–H groups in total. The Bertz CT molecular complexity index is 804. The van der Waals surface area contributed by atoms with Gasteiger partial charge in [-0.15, -0.1) is 11.3 Å². The zero-order valence-electron chi connectivity index (χ0n) is 12.7. The van der Waals surface area contributed by atoms with E-state index in [9.17, 15) is 4.79 Å². The van der Waals surface area contributed by atoms with E-state index >= 15 is 0 Å². The number of fused-ring (bicyclic) bond motifs is 1. The van der Waals surface area contributed by atoms with E-state index in [1.54, 1.807) is 11.3 Å². The fourth-order valence-electron chi connectivity index (χ4n) is 2.57. The summed E-state index contributed by atoms with van der Waals surface area (Å²) in [4.78, 5) is 16.7. The van der Waals surface area contributed by atoms with Crippen LogP contribution in [0.5, 0.6) is 0 Å². The monoisotopic (exact) mass is 310 g/mol. The van der Waals surface area contributed by atoms with Crippen molar-refractivity contribution < 1.29 is 4.79 Å². The number of thiazole rings is 1.